The fourth-order valence-corrected chi connectivity index (χ4v) is 2.41. The molecule has 2 heterocycles. The molecule has 0 bridgehead atoms. The van der Waals surface area contributed by atoms with Gasteiger partial charge in [-0.2, -0.15) is 5.10 Å². The number of rotatable bonds is 2. The van der Waals surface area contributed by atoms with Crippen LogP contribution in [0, 0.1) is 13.8 Å². The van der Waals surface area contributed by atoms with Crippen molar-refractivity contribution in [2.24, 2.45) is 7.05 Å². The van der Waals surface area contributed by atoms with E-state index in [4.69, 9.17) is 0 Å². The van der Waals surface area contributed by atoms with Crippen LogP contribution in [0.1, 0.15) is 36.2 Å². The van der Waals surface area contributed by atoms with Gasteiger partial charge in [0.05, 0.1) is 5.69 Å². The van der Waals surface area contributed by atoms with Crippen molar-refractivity contribution in [1.29, 1.82) is 0 Å². The van der Waals surface area contributed by atoms with E-state index in [-0.39, 0.29) is 5.91 Å². The van der Waals surface area contributed by atoms with E-state index in [0.717, 1.165) is 42.9 Å². The number of piperidine rings is 1. The molecule has 1 saturated heterocycles. The molecular formula is C14H21N3O. The maximum absolute atomic E-state index is 12.0. The van der Waals surface area contributed by atoms with Gasteiger partial charge in [0.15, 0.2) is 0 Å². The largest absolute Gasteiger partial charge is 0.339 e. The molecule has 0 atom stereocenters. The van der Waals surface area contributed by atoms with Gasteiger partial charge in [0, 0.05) is 37.5 Å². The summed E-state index contributed by atoms with van der Waals surface area (Å²) < 4.78 is 1.85. The topological polar surface area (TPSA) is 38.1 Å². The summed E-state index contributed by atoms with van der Waals surface area (Å²) in [6.45, 7) is 5.78. The van der Waals surface area contributed by atoms with Crippen LogP contribution < -0.4 is 0 Å². The number of amides is 1. The molecule has 1 aromatic heterocycles. The number of nitrogens with zero attached hydrogens (tertiary/aromatic N) is 3. The second-order valence-corrected chi connectivity index (χ2v) is 4.93. The van der Waals surface area contributed by atoms with Gasteiger partial charge in [-0.1, -0.05) is 0 Å². The molecule has 0 saturated carbocycles. The Morgan fingerprint density at radius 2 is 1.89 bits per heavy atom. The summed E-state index contributed by atoms with van der Waals surface area (Å²) in [5.74, 6) is 0.123. The van der Waals surface area contributed by atoms with Crippen LogP contribution in [0.25, 0.3) is 6.08 Å². The molecule has 2 rings (SSSR count). The van der Waals surface area contributed by atoms with Gasteiger partial charge < -0.3 is 4.90 Å². The molecule has 1 aliphatic rings. The van der Waals surface area contributed by atoms with Gasteiger partial charge in [0.1, 0.15) is 0 Å². The Balaban J connectivity index is 2.08. The van der Waals surface area contributed by atoms with E-state index >= 15 is 0 Å². The zero-order valence-corrected chi connectivity index (χ0v) is 11.4. The maximum Gasteiger partial charge on any atom is 0.246 e. The lowest BCUT2D eigenvalue weighted by Crippen LogP contribution is -2.34. The van der Waals surface area contributed by atoms with Crippen molar-refractivity contribution in [3.63, 3.8) is 0 Å². The average molecular weight is 247 g/mol. The first kappa shape index (κ1) is 12.9. The highest BCUT2D eigenvalue weighted by molar-refractivity contribution is 5.92. The van der Waals surface area contributed by atoms with Crippen LogP contribution >= 0.6 is 0 Å². The van der Waals surface area contributed by atoms with Crippen molar-refractivity contribution in [3.8, 4) is 0 Å². The smallest absolute Gasteiger partial charge is 0.246 e. The van der Waals surface area contributed by atoms with Crippen LogP contribution in [-0.2, 0) is 11.8 Å². The summed E-state index contributed by atoms with van der Waals surface area (Å²) in [6.07, 6.45) is 7.08. The number of aryl methyl sites for hydroxylation is 2. The fourth-order valence-electron chi connectivity index (χ4n) is 2.41. The second kappa shape index (κ2) is 5.38. The van der Waals surface area contributed by atoms with Gasteiger partial charge >= 0.3 is 0 Å². The fraction of sp³-hybridized carbons (Fsp3) is 0.571. The summed E-state index contributed by atoms with van der Waals surface area (Å²) in [4.78, 5) is 13.9. The molecule has 0 aromatic carbocycles. The van der Waals surface area contributed by atoms with E-state index in [1.807, 2.05) is 36.6 Å². The normalized spacial score (nSPS) is 16.5. The predicted molar refractivity (Wildman–Crippen MR) is 72.1 cm³/mol. The monoisotopic (exact) mass is 247 g/mol. The molecule has 0 spiro atoms. The first-order valence-corrected chi connectivity index (χ1v) is 6.57. The molecule has 0 aliphatic carbocycles. The minimum atomic E-state index is 0.123. The standard InChI is InChI=1S/C14H21N3O/c1-11-13(12(2)16(3)15-11)7-8-14(18)17-9-5-4-6-10-17/h7-8H,4-6,9-10H2,1-3H3. The number of aromatic nitrogens is 2. The van der Waals surface area contributed by atoms with Crippen LogP contribution in [0.4, 0.5) is 0 Å². The Kier molecular flexibility index (Phi) is 3.84. The average Bonchev–Trinajstić information content (AvgIpc) is 2.62. The molecule has 0 radical (unpaired) electrons. The lowest BCUT2D eigenvalue weighted by atomic mass is 10.1. The Hall–Kier alpha value is -1.58. The van der Waals surface area contributed by atoms with Crippen molar-refractivity contribution in [1.82, 2.24) is 14.7 Å². The first-order valence-electron chi connectivity index (χ1n) is 6.57. The first-order chi connectivity index (χ1) is 8.59. The van der Waals surface area contributed by atoms with Crippen molar-refractivity contribution in [3.05, 3.63) is 23.0 Å². The van der Waals surface area contributed by atoms with Gasteiger partial charge in [-0.3, -0.25) is 9.48 Å². The van der Waals surface area contributed by atoms with Crippen LogP contribution in [0.3, 0.4) is 0 Å². The molecule has 1 fully saturated rings. The summed E-state index contributed by atoms with van der Waals surface area (Å²) in [5, 5.41) is 4.34. The summed E-state index contributed by atoms with van der Waals surface area (Å²) in [5.41, 5.74) is 3.12. The summed E-state index contributed by atoms with van der Waals surface area (Å²) >= 11 is 0. The van der Waals surface area contributed by atoms with Crippen molar-refractivity contribution >= 4 is 12.0 Å². The van der Waals surface area contributed by atoms with Gasteiger partial charge in [0.25, 0.3) is 0 Å². The van der Waals surface area contributed by atoms with Gasteiger partial charge in [0.2, 0.25) is 5.91 Å². The number of carbonyl (C=O) groups excluding carboxylic acids is 1. The van der Waals surface area contributed by atoms with E-state index in [1.165, 1.54) is 6.42 Å². The molecule has 1 amide bonds. The van der Waals surface area contributed by atoms with Gasteiger partial charge in [-0.15, -0.1) is 0 Å². The quantitative estimate of drug-likeness (QED) is 0.750. The molecule has 0 N–H and O–H groups in total. The minimum absolute atomic E-state index is 0.123. The van der Waals surface area contributed by atoms with E-state index in [1.54, 1.807) is 6.08 Å². The molecule has 0 unspecified atom stereocenters. The summed E-state index contributed by atoms with van der Waals surface area (Å²) in [6, 6.07) is 0. The lowest BCUT2D eigenvalue weighted by Gasteiger charge is -2.25. The van der Waals surface area contributed by atoms with E-state index in [0.29, 0.717) is 0 Å². The Labute approximate surface area is 108 Å². The Bertz CT molecular complexity index is 468. The summed E-state index contributed by atoms with van der Waals surface area (Å²) in [7, 11) is 1.92. The number of hydrogen-bond donors (Lipinski definition) is 0. The van der Waals surface area contributed by atoms with Crippen LogP contribution in [0.15, 0.2) is 6.08 Å². The zero-order valence-electron chi connectivity index (χ0n) is 11.4. The second-order valence-electron chi connectivity index (χ2n) is 4.93. The highest BCUT2D eigenvalue weighted by atomic mass is 16.2. The van der Waals surface area contributed by atoms with Gasteiger partial charge in [-0.25, -0.2) is 0 Å². The minimum Gasteiger partial charge on any atom is -0.339 e. The number of carbonyl (C=O) groups is 1. The van der Waals surface area contributed by atoms with Crippen LogP contribution in [-0.4, -0.2) is 33.7 Å². The molecule has 1 aromatic rings. The molecule has 18 heavy (non-hydrogen) atoms. The molecule has 4 heteroatoms. The maximum atomic E-state index is 12.0. The third kappa shape index (κ3) is 2.63. The molecule has 4 nitrogen and oxygen atoms in total. The van der Waals surface area contributed by atoms with Crippen molar-refractivity contribution < 1.29 is 4.79 Å². The molecule has 1 aliphatic heterocycles. The third-order valence-corrected chi connectivity index (χ3v) is 3.63. The van der Waals surface area contributed by atoms with Gasteiger partial charge in [-0.05, 0) is 39.2 Å². The van der Waals surface area contributed by atoms with E-state index < -0.39 is 0 Å². The zero-order chi connectivity index (χ0) is 13.1. The Morgan fingerprint density at radius 3 is 2.44 bits per heavy atom. The number of hydrogen-bond acceptors (Lipinski definition) is 2. The van der Waals surface area contributed by atoms with Crippen molar-refractivity contribution in [2.45, 2.75) is 33.1 Å². The molecule has 98 valence electrons. The van der Waals surface area contributed by atoms with E-state index in [9.17, 15) is 4.79 Å². The predicted octanol–water partition coefficient (Wildman–Crippen LogP) is 2.06. The number of likely N-dealkylation sites (tertiary alicyclic amines) is 1. The van der Waals surface area contributed by atoms with Crippen LogP contribution in [0.2, 0.25) is 0 Å². The SMILES string of the molecule is Cc1nn(C)c(C)c1C=CC(=O)N1CCCCC1. The Morgan fingerprint density at radius 1 is 1.22 bits per heavy atom. The lowest BCUT2D eigenvalue weighted by molar-refractivity contribution is -0.126. The molecular weight excluding hydrogens is 226 g/mol. The van der Waals surface area contributed by atoms with Crippen LogP contribution in [0.5, 0.6) is 0 Å². The van der Waals surface area contributed by atoms with E-state index in [2.05, 4.69) is 5.10 Å². The van der Waals surface area contributed by atoms with Crippen molar-refractivity contribution in [2.75, 3.05) is 13.1 Å². The highest BCUT2D eigenvalue weighted by Crippen LogP contribution is 2.15. The third-order valence-electron chi connectivity index (χ3n) is 3.63. The highest BCUT2D eigenvalue weighted by Gasteiger charge is 2.14.